The molecule has 2 heterocycles. The van der Waals surface area contributed by atoms with Crippen molar-refractivity contribution in [1.29, 1.82) is 0 Å². The molecule has 1 fully saturated rings. The Morgan fingerprint density at radius 1 is 1.12 bits per heavy atom. The zero-order valence-electron chi connectivity index (χ0n) is 18.9. The molecule has 0 bridgehead atoms. The maximum absolute atomic E-state index is 13.4. The van der Waals surface area contributed by atoms with Gasteiger partial charge in [0.2, 0.25) is 5.91 Å². The second-order valence-electron chi connectivity index (χ2n) is 9.29. The van der Waals surface area contributed by atoms with Crippen LogP contribution in [0, 0.1) is 11.8 Å². The summed E-state index contributed by atoms with van der Waals surface area (Å²) in [5.74, 6) is 0.918. The van der Waals surface area contributed by atoms with Crippen LogP contribution in [0.15, 0.2) is 59.1 Å². The quantitative estimate of drug-likeness (QED) is 0.664. The van der Waals surface area contributed by atoms with E-state index in [4.69, 9.17) is 4.52 Å². The number of benzene rings is 2. The number of hydrogen-bond donors (Lipinski definition) is 1. The molecule has 0 radical (unpaired) electrons. The summed E-state index contributed by atoms with van der Waals surface area (Å²) in [5.41, 5.74) is 4.77. The molecule has 170 valence electrons. The molecule has 0 unspecified atom stereocenters. The smallest absolute Gasteiger partial charge is 0.276 e. The minimum atomic E-state index is -0.305. The highest BCUT2D eigenvalue weighted by Gasteiger charge is 2.33. The fraction of sp³-hybridized carbons (Fsp3) is 0.370. The van der Waals surface area contributed by atoms with Gasteiger partial charge in [0, 0.05) is 31.6 Å². The summed E-state index contributed by atoms with van der Waals surface area (Å²) in [5, 5.41) is 7.11. The third kappa shape index (κ3) is 4.56. The average molecular weight is 444 g/mol. The molecule has 0 spiro atoms. The minimum Gasteiger partial charge on any atom is -0.360 e. The first-order valence-electron chi connectivity index (χ1n) is 11.8. The van der Waals surface area contributed by atoms with Gasteiger partial charge in [-0.05, 0) is 41.9 Å². The van der Waals surface area contributed by atoms with Crippen LogP contribution in [0.1, 0.15) is 40.7 Å². The van der Waals surface area contributed by atoms with Gasteiger partial charge in [0.05, 0.1) is 5.92 Å². The van der Waals surface area contributed by atoms with Crippen LogP contribution in [-0.4, -0.2) is 41.5 Å². The molecule has 1 aliphatic heterocycles. The first kappa shape index (κ1) is 21.4. The SMILES string of the molecule is C[C@H]1CCc2onc(C(=O)N3CCNC(=O)[C@H](Cc4ccc(-c5ccccc5)cc4)C3)c2C1. The zero-order chi connectivity index (χ0) is 22.8. The van der Waals surface area contributed by atoms with Crippen molar-refractivity contribution in [2.24, 2.45) is 11.8 Å². The Kier molecular flexibility index (Phi) is 5.99. The second kappa shape index (κ2) is 9.22. The average Bonchev–Trinajstić information content (AvgIpc) is 3.17. The standard InChI is InChI=1S/C27H29N3O3/c1-18-7-12-24-23(15-18)25(29-33-24)27(32)30-14-13-28-26(31)22(17-30)16-19-8-10-21(11-9-19)20-5-3-2-4-6-20/h2-6,8-11,18,22H,7,12-17H2,1H3,(H,28,31)/t18-,22+/m0/s1. The molecule has 1 aliphatic carbocycles. The number of amides is 2. The number of nitrogens with zero attached hydrogens (tertiary/aromatic N) is 2. The molecule has 2 aliphatic rings. The molecular weight excluding hydrogens is 414 g/mol. The fourth-order valence-electron chi connectivity index (χ4n) is 4.88. The van der Waals surface area contributed by atoms with E-state index >= 15 is 0 Å². The van der Waals surface area contributed by atoms with Crippen LogP contribution in [0.3, 0.4) is 0 Å². The van der Waals surface area contributed by atoms with Crippen LogP contribution in [0.25, 0.3) is 11.1 Å². The van der Waals surface area contributed by atoms with Crippen LogP contribution < -0.4 is 5.32 Å². The third-order valence-electron chi connectivity index (χ3n) is 6.81. The first-order chi connectivity index (χ1) is 16.1. The van der Waals surface area contributed by atoms with Gasteiger partial charge in [-0.1, -0.05) is 66.7 Å². The summed E-state index contributed by atoms with van der Waals surface area (Å²) < 4.78 is 5.49. The van der Waals surface area contributed by atoms with E-state index in [1.165, 1.54) is 5.56 Å². The van der Waals surface area contributed by atoms with Gasteiger partial charge in [-0.3, -0.25) is 9.59 Å². The van der Waals surface area contributed by atoms with Crippen LogP contribution >= 0.6 is 0 Å². The van der Waals surface area contributed by atoms with Crippen molar-refractivity contribution in [3.05, 3.63) is 77.2 Å². The molecule has 1 aromatic heterocycles. The van der Waals surface area contributed by atoms with Crippen molar-refractivity contribution in [1.82, 2.24) is 15.4 Å². The topological polar surface area (TPSA) is 75.4 Å². The Labute approximate surface area is 194 Å². The van der Waals surface area contributed by atoms with Gasteiger partial charge in [-0.15, -0.1) is 0 Å². The molecule has 3 aromatic rings. The predicted octanol–water partition coefficient (Wildman–Crippen LogP) is 3.90. The van der Waals surface area contributed by atoms with Gasteiger partial charge in [0.1, 0.15) is 5.76 Å². The van der Waals surface area contributed by atoms with Crippen molar-refractivity contribution in [2.75, 3.05) is 19.6 Å². The van der Waals surface area contributed by atoms with E-state index in [1.807, 2.05) is 18.2 Å². The summed E-state index contributed by atoms with van der Waals surface area (Å²) in [4.78, 5) is 27.9. The first-order valence-corrected chi connectivity index (χ1v) is 11.8. The molecular formula is C27H29N3O3. The Bertz CT molecular complexity index is 1140. The summed E-state index contributed by atoms with van der Waals surface area (Å²) in [6, 6.07) is 18.5. The van der Waals surface area contributed by atoms with Gasteiger partial charge in [-0.2, -0.15) is 0 Å². The van der Waals surface area contributed by atoms with Gasteiger partial charge in [-0.25, -0.2) is 0 Å². The van der Waals surface area contributed by atoms with Crippen LogP contribution in [0.5, 0.6) is 0 Å². The normalized spacial score (nSPS) is 20.6. The summed E-state index contributed by atoms with van der Waals surface area (Å²) in [6.45, 7) is 3.50. The number of aryl methyl sites for hydroxylation is 1. The lowest BCUT2D eigenvalue weighted by Crippen LogP contribution is -2.38. The molecule has 1 saturated heterocycles. The Balaban J connectivity index is 1.31. The van der Waals surface area contributed by atoms with Gasteiger partial charge in [0.25, 0.3) is 5.91 Å². The van der Waals surface area contributed by atoms with E-state index < -0.39 is 0 Å². The highest BCUT2D eigenvalue weighted by molar-refractivity contribution is 5.94. The van der Waals surface area contributed by atoms with Crippen molar-refractivity contribution in [3.63, 3.8) is 0 Å². The number of carbonyl (C=O) groups is 2. The summed E-state index contributed by atoms with van der Waals surface area (Å²) in [7, 11) is 0. The minimum absolute atomic E-state index is 0.00626. The van der Waals surface area contributed by atoms with E-state index in [0.29, 0.717) is 37.7 Å². The van der Waals surface area contributed by atoms with Gasteiger partial charge >= 0.3 is 0 Å². The third-order valence-corrected chi connectivity index (χ3v) is 6.81. The molecule has 6 heteroatoms. The molecule has 2 amide bonds. The van der Waals surface area contributed by atoms with Crippen LogP contribution in [0.2, 0.25) is 0 Å². The molecule has 6 nitrogen and oxygen atoms in total. The summed E-state index contributed by atoms with van der Waals surface area (Å²) >= 11 is 0. The van der Waals surface area contributed by atoms with Crippen LogP contribution in [-0.2, 0) is 24.1 Å². The highest BCUT2D eigenvalue weighted by atomic mass is 16.5. The monoisotopic (exact) mass is 443 g/mol. The Morgan fingerprint density at radius 3 is 2.67 bits per heavy atom. The molecule has 2 atom stereocenters. The number of carbonyl (C=O) groups excluding carboxylic acids is 2. The number of rotatable bonds is 4. The van der Waals surface area contributed by atoms with E-state index in [0.717, 1.165) is 41.7 Å². The largest absolute Gasteiger partial charge is 0.360 e. The zero-order valence-corrected chi connectivity index (χ0v) is 18.9. The van der Waals surface area contributed by atoms with E-state index in [1.54, 1.807) is 4.90 Å². The van der Waals surface area contributed by atoms with E-state index in [9.17, 15) is 9.59 Å². The Morgan fingerprint density at radius 2 is 1.88 bits per heavy atom. The number of aromatic nitrogens is 1. The lowest BCUT2D eigenvalue weighted by molar-refractivity contribution is -0.124. The van der Waals surface area contributed by atoms with Crippen molar-refractivity contribution in [2.45, 2.75) is 32.6 Å². The second-order valence-corrected chi connectivity index (χ2v) is 9.29. The van der Waals surface area contributed by atoms with Crippen molar-refractivity contribution in [3.8, 4) is 11.1 Å². The lowest BCUT2D eigenvalue weighted by atomic mass is 9.88. The Hall–Kier alpha value is -3.41. The number of nitrogens with one attached hydrogen (secondary N) is 1. The van der Waals surface area contributed by atoms with E-state index in [-0.39, 0.29) is 17.7 Å². The molecule has 2 aromatic carbocycles. The highest BCUT2D eigenvalue weighted by Crippen LogP contribution is 2.29. The number of fused-ring (bicyclic) bond motifs is 1. The van der Waals surface area contributed by atoms with Crippen molar-refractivity contribution >= 4 is 11.8 Å². The summed E-state index contributed by atoms with van der Waals surface area (Å²) in [6.07, 6.45) is 3.29. The lowest BCUT2D eigenvalue weighted by Gasteiger charge is -2.23. The number of hydrogen-bond acceptors (Lipinski definition) is 4. The molecule has 0 saturated carbocycles. The molecule has 5 rings (SSSR count). The maximum atomic E-state index is 13.4. The predicted molar refractivity (Wildman–Crippen MR) is 126 cm³/mol. The van der Waals surface area contributed by atoms with Crippen molar-refractivity contribution < 1.29 is 14.1 Å². The fourth-order valence-corrected chi connectivity index (χ4v) is 4.88. The molecule has 1 N–H and O–H groups in total. The van der Waals surface area contributed by atoms with E-state index in [2.05, 4.69) is 53.8 Å². The van der Waals surface area contributed by atoms with Gasteiger partial charge in [0.15, 0.2) is 5.69 Å². The molecule has 33 heavy (non-hydrogen) atoms. The van der Waals surface area contributed by atoms with Gasteiger partial charge < -0.3 is 14.7 Å². The van der Waals surface area contributed by atoms with Crippen LogP contribution in [0.4, 0.5) is 0 Å². The maximum Gasteiger partial charge on any atom is 0.276 e.